The van der Waals surface area contributed by atoms with E-state index in [1.807, 2.05) is 24.3 Å². The summed E-state index contributed by atoms with van der Waals surface area (Å²) >= 11 is 0. The van der Waals surface area contributed by atoms with Crippen LogP contribution in [0.2, 0.25) is 0 Å². The van der Waals surface area contributed by atoms with Gasteiger partial charge in [0.15, 0.2) is 17.8 Å². The lowest BCUT2D eigenvalue weighted by molar-refractivity contribution is 0.00794. The van der Waals surface area contributed by atoms with Crippen LogP contribution in [-0.4, -0.2) is 89.9 Å². The Labute approximate surface area is 212 Å². The van der Waals surface area contributed by atoms with Crippen LogP contribution in [-0.2, 0) is 14.2 Å². The molecule has 1 aromatic carbocycles. The van der Waals surface area contributed by atoms with E-state index in [0.29, 0.717) is 35.7 Å². The zero-order valence-corrected chi connectivity index (χ0v) is 20.1. The van der Waals surface area contributed by atoms with Gasteiger partial charge in [0.25, 0.3) is 6.02 Å². The average Bonchev–Trinajstić information content (AvgIpc) is 3.71. The first-order valence-electron chi connectivity index (χ1n) is 12.6. The van der Waals surface area contributed by atoms with Crippen molar-refractivity contribution in [1.29, 1.82) is 0 Å². The molecular formula is C27H27FN4O5. The molecule has 2 N–H and O–H groups in total. The SMILES string of the molecule is O[C@@H]1CO[C@H]2[C@@H]1OC[C@H]2Oc1cc2nc(-c3ccc(C4=CCN(C5=NCCO5)CC4)cc3)c(F)cc2[nH]1. The third-order valence-electron chi connectivity index (χ3n) is 7.37. The number of hydrogen-bond donors (Lipinski definition) is 2. The summed E-state index contributed by atoms with van der Waals surface area (Å²) < 4.78 is 37.9. The Morgan fingerprint density at radius 2 is 1.92 bits per heavy atom. The number of nitrogens with zero attached hydrogens (tertiary/aromatic N) is 3. The molecule has 4 aliphatic heterocycles. The number of rotatable bonds is 4. The second-order valence-electron chi connectivity index (χ2n) is 9.72. The molecule has 4 atom stereocenters. The zero-order valence-electron chi connectivity index (χ0n) is 20.1. The van der Waals surface area contributed by atoms with E-state index in [1.54, 1.807) is 6.07 Å². The second kappa shape index (κ2) is 9.13. The molecule has 3 aromatic rings. The number of amidine groups is 1. The fourth-order valence-corrected chi connectivity index (χ4v) is 5.44. The van der Waals surface area contributed by atoms with Crippen LogP contribution >= 0.6 is 0 Å². The number of fused-ring (bicyclic) bond motifs is 2. The van der Waals surface area contributed by atoms with Crippen molar-refractivity contribution < 1.29 is 28.4 Å². The number of hydrogen-bond acceptors (Lipinski definition) is 8. The van der Waals surface area contributed by atoms with Gasteiger partial charge in [-0.1, -0.05) is 30.3 Å². The Morgan fingerprint density at radius 1 is 1.08 bits per heavy atom. The number of aromatic amines is 1. The van der Waals surface area contributed by atoms with E-state index >= 15 is 4.39 Å². The first-order valence-corrected chi connectivity index (χ1v) is 12.6. The minimum Gasteiger partial charge on any atom is -0.470 e. The molecule has 2 saturated heterocycles. The molecule has 0 amide bonds. The van der Waals surface area contributed by atoms with Gasteiger partial charge in [-0.05, 0) is 17.6 Å². The Kier molecular flexibility index (Phi) is 5.60. The van der Waals surface area contributed by atoms with Crippen LogP contribution in [0, 0.1) is 5.82 Å². The molecule has 4 aliphatic rings. The highest BCUT2D eigenvalue weighted by Crippen LogP contribution is 2.32. The number of aliphatic hydroxyl groups is 1. The second-order valence-corrected chi connectivity index (χ2v) is 9.72. The van der Waals surface area contributed by atoms with Crippen LogP contribution in [0.1, 0.15) is 12.0 Å². The van der Waals surface area contributed by atoms with E-state index in [4.69, 9.17) is 18.9 Å². The van der Waals surface area contributed by atoms with E-state index in [0.717, 1.165) is 37.6 Å². The zero-order chi connectivity index (χ0) is 24.9. The van der Waals surface area contributed by atoms with Crippen LogP contribution < -0.4 is 4.74 Å². The maximum atomic E-state index is 15.1. The molecule has 0 radical (unpaired) electrons. The third kappa shape index (κ3) is 4.14. The largest absolute Gasteiger partial charge is 0.470 e. The quantitative estimate of drug-likeness (QED) is 0.561. The third-order valence-corrected chi connectivity index (χ3v) is 7.37. The highest BCUT2D eigenvalue weighted by molar-refractivity contribution is 5.81. The van der Waals surface area contributed by atoms with Crippen molar-refractivity contribution in [2.45, 2.75) is 30.8 Å². The first kappa shape index (κ1) is 22.7. The molecule has 9 nitrogen and oxygen atoms in total. The van der Waals surface area contributed by atoms with Crippen LogP contribution in [0.5, 0.6) is 5.88 Å². The number of aliphatic imine (C=N–C) groups is 1. The molecule has 0 spiro atoms. The van der Waals surface area contributed by atoms with Gasteiger partial charge in [-0.3, -0.25) is 0 Å². The highest BCUT2D eigenvalue weighted by Gasteiger charge is 2.48. The number of aromatic nitrogens is 2. The molecule has 10 heteroatoms. The van der Waals surface area contributed by atoms with Gasteiger partial charge in [-0.2, -0.15) is 0 Å². The minimum atomic E-state index is -0.642. The van der Waals surface area contributed by atoms with Crippen LogP contribution in [0.15, 0.2) is 47.5 Å². The van der Waals surface area contributed by atoms with Crippen molar-refractivity contribution in [2.75, 3.05) is 39.5 Å². The summed E-state index contributed by atoms with van der Waals surface area (Å²) in [5, 5.41) is 9.93. The van der Waals surface area contributed by atoms with E-state index in [1.165, 1.54) is 11.6 Å². The summed E-state index contributed by atoms with van der Waals surface area (Å²) in [6, 6.07) is 11.8. The summed E-state index contributed by atoms with van der Waals surface area (Å²) in [6.45, 7) is 3.57. The predicted octanol–water partition coefficient (Wildman–Crippen LogP) is 2.75. The number of halogens is 1. The lowest BCUT2D eigenvalue weighted by Crippen LogP contribution is -2.34. The molecule has 6 heterocycles. The molecule has 2 fully saturated rings. The molecule has 0 bridgehead atoms. The van der Waals surface area contributed by atoms with Crippen molar-refractivity contribution in [3.05, 3.63) is 53.9 Å². The Hall–Kier alpha value is -3.47. The van der Waals surface area contributed by atoms with E-state index in [2.05, 4.69) is 25.9 Å². The molecule has 2 aromatic heterocycles. The van der Waals surface area contributed by atoms with Gasteiger partial charge in [0, 0.05) is 30.8 Å². The smallest absolute Gasteiger partial charge is 0.287 e. The Morgan fingerprint density at radius 3 is 2.70 bits per heavy atom. The Bertz CT molecular complexity index is 1390. The number of H-pyrrole nitrogens is 1. The summed E-state index contributed by atoms with van der Waals surface area (Å²) in [5.41, 5.74) is 4.52. The van der Waals surface area contributed by atoms with E-state index in [-0.39, 0.29) is 30.6 Å². The molecule has 37 heavy (non-hydrogen) atoms. The lowest BCUT2D eigenvalue weighted by Gasteiger charge is -2.27. The molecule has 0 unspecified atom stereocenters. The monoisotopic (exact) mass is 506 g/mol. The van der Waals surface area contributed by atoms with Gasteiger partial charge in [0.2, 0.25) is 0 Å². The molecule has 0 aliphatic carbocycles. The maximum absolute atomic E-state index is 15.1. The van der Waals surface area contributed by atoms with Gasteiger partial charge in [-0.15, -0.1) is 0 Å². The first-order chi connectivity index (χ1) is 18.1. The van der Waals surface area contributed by atoms with Crippen molar-refractivity contribution in [1.82, 2.24) is 14.9 Å². The number of benzene rings is 1. The van der Waals surface area contributed by atoms with Gasteiger partial charge in [-0.25, -0.2) is 14.4 Å². The molecular weight excluding hydrogens is 479 g/mol. The normalized spacial score (nSPS) is 27.2. The van der Waals surface area contributed by atoms with Crippen molar-refractivity contribution in [2.24, 2.45) is 4.99 Å². The minimum absolute atomic E-state index is 0.233. The van der Waals surface area contributed by atoms with Gasteiger partial charge in [0.1, 0.15) is 30.6 Å². The molecule has 7 rings (SSSR count). The predicted molar refractivity (Wildman–Crippen MR) is 134 cm³/mol. The van der Waals surface area contributed by atoms with Crippen molar-refractivity contribution in [3.8, 4) is 17.1 Å². The summed E-state index contributed by atoms with van der Waals surface area (Å²) in [4.78, 5) is 14.2. The van der Waals surface area contributed by atoms with Crippen LogP contribution in [0.4, 0.5) is 4.39 Å². The van der Waals surface area contributed by atoms with Crippen LogP contribution in [0.25, 0.3) is 27.9 Å². The van der Waals surface area contributed by atoms with Gasteiger partial charge >= 0.3 is 0 Å². The number of pyridine rings is 1. The van der Waals surface area contributed by atoms with Gasteiger partial charge < -0.3 is 33.9 Å². The van der Waals surface area contributed by atoms with E-state index in [9.17, 15) is 5.11 Å². The number of nitrogens with one attached hydrogen (secondary N) is 1. The fourth-order valence-electron chi connectivity index (χ4n) is 5.44. The molecule has 0 saturated carbocycles. The number of aliphatic hydroxyl groups excluding tert-OH is 1. The number of ether oxygens (including phenoxy) is 4. The standard InChI is InChI=1S/C27H27FN4O5/c28-18-11-19-20(12-23(30-19)37-22-14-36-25-21(33)13-35-26(22)25)31-24(18)17-3-1-15(2-4-17)16-5-8-32(9-6-16)27-29-7-10-34-27/h1-5,11-12,21-22,25-26,30,33H,6-10,13-14H2/t21-,22-,25-,26-/m1/s1. The summed E-state index contributed by atoms with van der Waals surface area (Å²) in [7, 11) is 0. The van der Waals surface area contributed by atoms with Crippen LogP contribution in [0.3, 0.4) is 0 Å². The van der Waals surface area contributed by atoms with Crippen molar-refractivity contribution >= 4 is 22.6 Å². The fraction of sp³-hybridized carbons (Fsp3) is 0.407. The average molecular weight is 507 g/mol. The summed E-state index contributed by atoms with van der Waals surface area (Å²) in [6.07, 6.45) is 1.39. The van der Waals surface area contributed by atoms with Gasteiger partial charge in [0.05, 0.1) is 30.8 Å². The molecule has 192 valence electrons. The van der Waals surface area contributed by atoms with Crippen molar-refractivity contribution in [3.63, 3.8) is 0 Å². The topological polar surface area (TPSA) is 101 Å². The summed E-state index contributed by atoms with van der Waals surface area (Å²) in [5.74, 6) is 0.0471. The maximum Gasteiger partial charge on any atom is 0.287 e. The van der Waals surface area contributed by atoms with E-state index < -0.39 is 11.9 Å². The highest BCUT2D eigenvalue weighted by atomic mass is 19.1. The Balaban J connectivity index is 1.08. The lowest BCUT2D eigenvalue weighted by atomic mass is 9.97.